The van der Waals surface area contributed by atoms with E-state index in [0.717, 1.165) is 11.1 Å². The third kappa shape index (κ3) is 6.82. The van der Waals surface area contributed by atoms with E-state index in [-0.39, 0.29) is 18.1 Å². The third-order valence-corrected chi connectivity index (χ3v) is 4.25. The van der Waals surface area contributed by atoms with Crippen molar-refractivity contribution in [2.75, 3.05) is 20.3 Å². The Labute approximate surface area is 173 Å². The van der Waals surface area contributed by atoms with Crippen LogP contribution in [-0.4, -0.2) is 42.9 Å². The van der Waals surface area contributed by atoms with Crippen LogP contribution in [0.15, 0.2) is 53.7 Å². The number of hydrogen-bond donors (Lipinski definition) is 0. The van der Waals surface area contributed by atoms with Crippen molar-refractivity contribution in [2.45, 2.75) is 39.8 Å². The van der Waals surface area contributed by atoms with Crippen LogP contribution >= 0.6 is 0 Å². The topological polar surface area (TPSA) is 60.4 Å². The van der Waals surface area contributed by atoms with Gasteiger partial charge in [0.1, 0.15) is 0 Å². The van der Waals surface area contributed by atoms with Gasteiger partial charge < -0.3 is 19.2 Å². The smallest absolute Gasteiger partial charge is 0.264 e. The molecule has 0 saturated heterocycles. The Morgan fingerprint density at radius 3 is 2.45 bits per heavy atom. The highest BCUT2D eigenvalue weighted by Gasteiger charge is 2.26. The molecular formula is C23H30N2O4. The van der Waals surface area contributed by atoms with Gasteiger partial charge in [0.05, 0.1) is 19.9 Å². The minimum atomic E-state index is -0.331. The molecule has 0 atom stereocenters. The van der Waals surface area contributed by atoms with Gasteiger partial charge >= 0.3 is 0 Å². The van der Waals surface area contributed by atoms with Crippen molar-refractivity contribution in [3.63, 3.8) is 0 Å². The van der Waals surface area contributed by atoms with E-state index in [4.69, 9.17) is 14.3 Å². The number of carbonyl (C=O) groups is 1. The molecule has 2 rings (SSSR count). The van der Waals surface area contributed by atoms with Crippen LogP contribution in [0.4, 0.5) is 0 Å². The fourth-order valence-electron chi connectivity index (χ4n) is 2.77. The van der Waals surface area contributed by atoms with Crippen LogP contribution in [0.2, 0.25) is 0 Å². The van der Waals surface area contributed by atoms with Gasteiger partial charge in [0.25, 0.3) is 5.91 Å². The predicted octanol–water partition coefficient (Wildman–Crippen LogP) is 4.27. The number of amides is 1. The average molecular weight is 399 g/mol. The lowest BCUT2D eigenvalue weighted by Gasteiger charge is -2.35. The molecule has 6 heteroatoms. The minimum absolute atomic E-state index is 0.122. The van der Waals surface area contributed by atoms with Crippen molar-refractivity contribution < 1.29 is 19.1 Å². The highest BCUT2D eigenvalue weighted by atomic mass is 16.6. The summed E-state index contributed by atoms with van der Waals surface area (Å²) >= 11 is 0. The summed E-state index contributed by atoms with van der Waals surface area (Å²) in [7, 11) is 1.59. The molecule has 0 N–H and O–H groups in total. The highest BCUT2D eigenvalue weighted by Crippen LogP contribution is 2.27. The van der Waals surface area contributed by atoms with Crippen LogP contribution in [0.3, 0.4) is 0 Å². The van der Waals surface area contributed by atoms with Gasteiger partial charge in [-0.1, -0.05) is 35.5 Å². The zero-order valence-corrected chi connectivity index (χ0v) is 17.8. The first-order valence-electron chi connectivity index (χ1n) is 9.65. The van der Waals surface area contributed by atoms with Gasteiger partial charge in [-0.05, 0) is 51.5 Å². The third-order valence-electron chi connectivity index (χ3n) is 4.25. The standard InChI is InChI=1S/C23H30N2O4/c1-6-28-20-13-12-19(14-21(20)27-5)15-24-29-17-22(26)25(23(2,3)4)16-18-10-8-7-9-11-18/h7-15H,6,16-17H2,1-5H3/b24-15+. The van der Waals surface area contributed by atoms with E-state index in [0.29, 0.717) is 24.7 Å². The molecule has 0 saturated carbocycles. The Morgan fingerprint density at radius 2 is 1.83 bits per heavy atom. The zero-order chi connectivity index (χ0) is 21.3. The molecule has 6 nitrogen and oxygen atoms in total. The lowest BCUT2D eigenvalue weighted by molar-refractivity contribution is -0.141. The normalized spacial score (nSPS) is 11.3. The first kappa shape index (κ1) is 22.3. The summed E-state index contributed by atoms with van der Waals surface area (Å²) in [6.07, 6.45) is 1.55. The predicted molar refractivity (Wildman–Crippen MR) is 114 cm³/mol. The second kappa shape index (κ2) is 10.5. The maximum Gasteiger partial charge on any atom is 0.264 e. The van der Waals surface area contributed by atoms with E-state index >= 15 is 0 Å². The van der Waals surface area contributed by atoms with Gasteiger partial charge in [-0.25, -0.2) is 0 Å². The van der Waals surface area contributed by atoms with Crippen LogP contribution < -0.4 is 9.47 Å². The van der Waals surface area contributed by atoms with Crippen LogP contribution in [0, 0.1) is 0 Å². The lowest BCUT2D eigenvalue weighted by atomic mass is 10.0. The molecule has 2 aromatic carbocycles. The van der Waals surface area contributed by atoms with E-state index in [1.54, 1.807) is 24.3 Å². The van der Waals surface area contributed by atoms with Crippen molar-refractivity contribution in [3.8, 4) is 11.5 Å². The number of rotatable bonds is 9. The molecule has 0 fully saturated rings. The summed E-state index contributed by atoms with van der Waals surface area (Å²) in [5, 5.41) is 3.94. The van der Waals surface area contributed by atoms with Crippen molar-refractivity contribution >= 4 is 12.1 Å². The number of oxime groups is 1. The van der Waals surface area contributed by atoms with E-state index in [1.807, 2.05) is 70.2 Å². The first-order valence-corrected chi connectivity index (χ1v) is 9.65. The summed E-state index contributed by atoms with van der Waals surface area (Å²) in [5.74, 6) is 1.17. The summed E-state index contributed by atoms with van der Waals surface area (Å²) in [4.78, 5) is 19.8. The number of nitrogens with zero attached hydrogens (tertiary/aromatic N) is 2. The monoisotopic (exact) mass is 398 g/mol. The van der Waals surface area contributed by atoms with Gasteiger partial charge in [0.15, 0.2) is 18.1 Å². The molecular weight excluding hydrogens is 368 g/mol. The fourth-order valence-corrected chi connectivity index (χ4v) is 2.77. The zero-order valence-electron chi connectivity index (χ0n) is 17.8. The number of carbonyl (C=O) groups excluding carboxylic acids is 1. The molecule has 2 aromatic rings. The van der Waals surface area contributed by atoms with Gasteiger partial charge in [-0.3, -0.25) is 4.79 Å². The number of benzene rings is 2. The Balaban J connectivity index is 1.97. The number of hydrogen-bond acceptors (Lipinski definition) is 5. The molecule has 0 unspecified atom stereocenters. The van der Waals surface area contributed by atoms with Crippen LogP contribution in [-0.2, 0) is 16.2 Å². The molecule has 0 aliphatic rings. The quantitative estimate of drug-likeness (QED) is 0.467. The van der Waals surface area contributed by atoms with E-state index in [9.17, 15) is 4.79 Å². The Hall–Kier alpha value is -3.02. The molecule has 0 aliphatic carbocycles. The molecule has 0 spiro atoms. The van der Waals surface area contributed by atoms with Crippen molar-refractivity contribution in [1.82, 2.24) is 4.90 Å². The van der Waals surface area contributed by atoms with Gasteiger partial charge in [-0.15, -0.1) is 0 Å². The largest absolute Gasteiger partial charge is 0.493 e. The Bertz CT molecular complexity index is 813. The molecule has 0 heterocycles. The van der Waals surface area contributed by atoms with E-state index < -0.39 is 0 Å². The molecule has 0 bridgehead atoms. The van der Waals surface area contributed by atoms with Crippen molar-refractivity contribution in [3.05, 3.63) is 59.7 Å². The Morgan fingerprint density at radius 1 is 1.10 bits per heavy atom. The molecule has 156 valence electrons. The highest BCUT2D eigenvalue weighted by molar-refractivity contribution is 5.81. The van der Waals surface area contributed by atoms with Gasteiger partial charge in [-0.2, -0.15) is 0 Å². The maximum absolute atomic E-state index is 12.7. The summed E-state index contributed by atoms with van der Waals surface area (Å²) in [6, 6.07) is 15.4. The van der Waals surface area contributed by atoms with Gasteiger partial charge in [0.2, 0.25) is 0 Å². The van der Waals surface area contributed by atoms with Crippen LogP contribution in [0.1, 0.15) is 38.8 Å². The summed E-state index contributed by atoms with van der Waals surface area (Å²) in [6.45, 7) is 8.87. The Kier molecular flexibility index (Phi) is 8.07. The number of methoxy groups -OCH3 is 1. The number of ether oxygens (including phenoxy) is 2. The van der Waals surface area contributed by atoms with E-state index in [2.05, 4.69) is 5.16 Å². The lowest BCUT2D eigenvalue weighted by Crippen LogP contribution is -2.46. The van der Waals surface area contributed by atoms with Gasteiger partial charge in [0, 0.05) is 17.6 Å². The maximum atomic E-state index is 12.7. The molecule has 0 aromatic heterocycles. The second-order valence-corrected chi connectivity index (χ2v) is 7.49. The molecule has 0 aliphatic heterocycles. The molecule has 0 radical (unpaired) electrons. The van der Waals surface area contributed by atoms with Crippen molar-refractivity contribution in [1.29, 1.82) is 0 Å². The minimum Gasteiger partial charge on any atom is -0.493 e. The summed E-state index contributed by atoms with van der Waals surface area (Å²) in [5.41, 5.74) is 1.53. The first-order chi connectivity index (χ1) is 13.8. The fraction of sp³-hybridized carbons (Fsp3) is 0.391. The van der Waals surface area contributed by atoms with E-state index in [1.165, 1.54) is 0 Å². The molecule has 29 heavy (non-hydrogen) atoms. The molecule has 1 amide bonds. The second-order valence-electron chi connectivity index (χ2n) is 7.49. The van der Waals surface area contributed by atoms with Crippen LogP contribution in [0.5, 0.6) is 11.5 Å². The summed E-state index contributed by atoms with van der Waals surface area (Å²) < 4.78 is 10.8. The van der Waals surface area contributed by atoms with Crippen LogP contribution in [0.25, 0.3) is 0 Å². The average Bonchev–Trinajstić information content (AvgIpc) is 2.70. The SMILES string of the molecule is CCOc1ccc(/C=N/OCC(=O)N(Cc2ccccc2)C(C)(C)C)cc1OC. The van der Waals surface area contributed by atoms with Crippen molar-refractivity contribution in [2.24, 2.45) is 5.16 Å².